The molecule has 1 unspecified atom stereocenters. The summed E-state index contributed by atoms with van der Waals surface area (Å²) in [6.07, 6.45) is 0. The van der Waals surface area contributed by atoms with E-state index in [9.17, 15) is 9.18 Å². The molecule has 0 saturated heterocycles. The summed E-state index contributed by atoms with van der Waals surface area (Å²) in [4.78, 5) is 12.6. The molecule has 0 aliphatic heterocycles. The van der Waals surface area contributed by atoms with Crippen LogP contribution in [0.25, 0.3) is 0 Å². The predicted octanol–water partition coefficient (Wildman–Crippen LogP) is 2.53. The second-order valence-corrected chi connectivity index (χ2v) is 4.81. The fraction of sp³-hybridized carbons (Fsp3) is 0.154. The highest BCUT2D eigenvalue weighted by molar-refractivity contribution is 7.10. The maximum absolute atomic E-state index is 13.6. The van der Waals surface area contributed by atoms with Crippen LogP contribution >= 0.6 is 11.3 Å². The summed E-state index contributed by atoms with van der Waals surface area (Å²) in [7, 11) is 1.47. The molecule has 0 aliphatic carbocycles. The van der Waals surface area contributed by atoms with Crippen LogP contribution in [0.4, 0.5) is 10.1 Å². The monoisotopic (exact) mass is 280 g/mol. The van der Waals surface area contributed by atoms with E-state index in [2.05, 4.69) is 5.32 Å². The lowest BCUT2D eigenvalue weighted by Crippen LogP contribution is -2.27. The summed E-state index contributed by atoms with van der Waals surface area (Å²) in [5, 5.41) is 4.29. The fourth-order valence-electron chi connectivity index (χ4n) is 1.54. The smallest absolute Gasteiger partial charge is 0.246 e. The molecule has 0 fully saturated rings. The summed E-state index contributed by atoms with van der Waals surface area (Å²) >= 11 is 1.38. The van der Waals surface area contributed by atoms with Crippen LogP contribution in [0.2, 0.25) is 0 Å². The Balaban J connectivity index is 2.14. The SMILES string of the molecule is COc1ccc(F)c(NC(=O)C(N)c2cccs2)c1. The molecule has 6 heteroatoms. The van der Waals surface area contributed by atoms with E-state index in [0.717, 1.165) is 4.88 Å². The number of hydrogen-bond donors (Lipinski definition) is 2. The molecule has 19 heavy (non-hydrogen) atoms. The van der Waals surface area contributed by atoms with Gasteiger partial charge in [0.15, 0.2) is 0 Å². The Morgan fingerprint density at radius 2 is 2.26 bits per heavy atom. The number of carbonyl (C=O) groups excluding carboxylic acids is 1. The lowest BCUT2D eigenvalue weighted by Gasteiger charge is -2.12. The number of nitrogens with two attached hydrogens (primary N) is 1. The van der Waals surface area contributed by atoms with E-state index in [0.29, 0.717) is 5.75 Å². The Labute approximate surface area is 114 Å². The molecule has 1 aromatic carbocycles. The van der Waals surface area contributed by atoms with E-state index >= 15 is 0 Å². The number of benzene rings is 1. The lowest BCUT2D eigenvalue weighted by atomic mass is 10.2. The largest absolute Gasteiger partial charge is 0.497 e. The van der Waals surface area contributed by atoms with Crippen molar-refractivity contribution in [2.75, 3.05) is 12.4 Å². The number of anilines is 1. The van der Waals surface area contributed by atoms with Gasteiger partial charge in [-0.05, 0) is 23.6 Å². The van der Waals surface area contributed by atoms with Crippen LogP contribution in [0, 0.1) is 5.82 Å². The fourth-order valence-corrected chi connectivity index (χ4v) is 2.26. The summed E-state index contributed by atoms with van der Waals surface area (Å²) in [6.45, 7) is 0. The van der Waals surface area contributed by atoms with Gasteiger partial charge in [0.2, 0.25) is 5.91 Å². The maximum atomic E-state index is 13.6. The van der Waals surface area contributed by atoms with Gasteiger partial charge in [-0.25, -0.2) is 4.39 Å². The molecule has 0 aliphatic rings. The van der Waals surface area contributed by atoms with E-state index in [-0.39, 0.29) is 5.69 Å². The number of thiophene rings is 1. The van der Waals surface area contributed by atoms with Crippen LogP contribution in [-0.2, 0) is 4.79 Å². The molecule has 0 spiro atoms. The van der Waals surface area contributed by atoms with Crippen molar-refractivity contribution >= 4 is 22.9 Å². The van der Waals surface area contributed by atoms with Gasteiger partial charge in [0.25, 0.3) is 0 Å². The van der Waals surface area contributed by atoms with Gasteiger partial charge in [0.1, 0.15) is 17.6 Å². The minimum absolute atomic E-state index is 0.0522. The van der Waals surface area contributed by atoms with Crippen molar-refractivity contribution in [3.8, 4) is 5.75 Å². The maximum Gasteiger partial charge on any atom is 0.246 e. The molecule has 1 aromatic heterocycles. The molecule has 1 heterocycles. The Bertz CT molecular complexity index is 572. The second kappa shape index (κ2) is 5.81. The van der Waals surface area contributed by atoms with Crippen molar-refractivity contribution in [2.45, 2.75) is 6.04 Å². The zero-order chi connectivity index (χ0) is 13.8. The molecule has 1 atom stereocenters. The third kappa shape index (κ3) is 3.10. The molecule has 2 rings (SSSR count). The third-order valence-corrected chi connectivity index (χ3v) is 3.52. The molecule has 100 valence electrons. The van der Waals surface area contributed by atoms with Gasteiger partial charge in [0.05, 0.1) is 12.8 Å². The first-order chi connectivity index (χ1) is 9.11. The molecule has 0 radical (unpaired) electrons. The Morgan fingerprint density at radius 3 is 2.89 bits per heavy atom. The summed E-state index contributed by atoms with van der Waals surface area (Å²) in [5.41, 5.74) is 5.85. The number of rotatable bonds is 4. The first kappa shape index (κ1) is 13.5. The van der Waals surface area contributed by atoms with Gasteiger partial charge >= 0.3 is 0 Å². The number of hydrogen-bond acceptors (Lipinski definition) is 4. The van der Waals surface area contributed by atoms with Crippen LogP contribution in [-0.4, -0.2) is 13.0 Å². The van der Waals surface area contributed by atoms with Crippen molar-refractivity contribution in [3.63, 3.8) is 0 Å². The number of ether oxygens (including phenoxy) is 1. The van der Waals surface area contributed by atoms with Gasteiger partial charge in [-0.1, -0.05) is 6.07 Å². The van der Waals surface area contributed by atoms with Crippen LogP contribution in [0.5, 0.6) is 5.75 Å². The highest BCUT2D eigenvalue weighted by Crippen LogP contribution is 2.23. The topological polar surface area (TPSA) is 64.3 Å². The van der Waals surface area contributed by atoms with Crippen molar-refractivity contribution in [1.82, 2.24) is 0 Å². The summed E-state index contributed by atoms with van der Waals surface area (Å²) in [6, 6.07) is 6.87. The van der Waals surface area contributed by atoms with Crippen molar-refractivity contribution in [3.05, 3.63) is 46.4 Å². The molecule has 4 nitrogen and oxygen atoms in total. The minimum Gasteiger partial charge on any atom is -0.497 e. The first-order valence-electron chi connectivity index (χ1n) is 5.55. The lowest BCUT2D eigenvalue weighted by molar-refractivity contribution is -0.117. The van der Waals surface area contributed by atoms with E-state index in [4.69, 9.17) is 10.5 Å². The van der Waals surface area contributed by atoms with Gasteiger partial charge in [-0.2, -0.15) is 0 Å². The third-order valence-electron chi connectivity index (χ3n) is 2.56. The van der Waals surface area contributed by atoms with Crippen LogP contribution in [0.15, 0.2) is 35.7 Å². The zero-order valence-electron chi connectivity index (χ0n) is 10.2. The Hall–Kier alpha value is -1.92. The minimum atomic E-state index is -0.814. The van der Waals surface area contributed by atoms with Gasteiger partial charge in [-0.15, -0.1) is 11.3 Å². The van der Waals surface area contributed by atoms with Gasteiger partial charge in [-0.3, -0.25) is 4.79 Å². The number of amides is 1. The highest BCUT2D eigenvalue weighted by Gasteiger charge is 2.18. The normalized spacial score (nSPS) is 11.9. The average molecular weight is 280 g/mol. The quantitative estimate of drug-likeness (QED) is 0.904. The zero-order valence-corrected chi connectivity index (χ0v) is 11.0. The first-order valence-corrected chi connectivity index (χ1v) is 6.43. The molecular weight excluding hydrogens is 267 g/mol. The molecular formula is C13H13FN2O2S. The second-order valence-electron chi connectivity index (χ2n) is 3.83. The molecule has 1 amide bonds. The van der Waals surface area contributed by atoms with Crippen molar-refractivity contribution in [1.29, 1.82) is 0 Å². The molecule has 3 N–H and O–H groups in total. The van der Waals surface area contributed by atoms with Gasteiger partial charge in [0, 0.05) is 10.9 Å². The standard InChI is InChI=1S/C13H13FN2O2S/c1-18-8-4-5-9(14)10(7-8)16-13(17)12(15)11-3-2-6-19-11/h2-7,12H,15H2,1H3,(H,16,17). The van der Waals surface area contributed by atoms with Gasteiger partial charge < -0.3 is 15.8 Å². The van der Waals surface area contributed by atoms with Crippen LogP contribution in [0.3, 0.4) is 0 Å². The van der Waals surface area contributed by atoms with Crippen molar-refractivity contribution < 1.29 is 13.9 Å². The Kier molecular flexibility index (Phi) is 4.13. The van der Waals surface area contributed by atoms with Crippen LogP contribution in [0.1, 0.15) is 10.9 Å². The average Bonchev–Trinajstić information content (AvgIpc) is 2.94. The molecule has 0 saturated carbocycles. The summed E-state index contributed by atoms with van der Waals surface area (Å²) < 4.78 is 18.5. The van der Waals surface area contributed by atoms with E-state index in [1.165, 1.54) is 36.6 Å². The summed E-state index contributed by atoms with van der Waals surface area (Å²) in [5.74, 6) is -0.538. The molecule has 2 aromatic rings. The predicted molar refractivity (Wildman–Crippen MR) is 72.8 cm³/mol. The van der Waals surface area contributed by atoms with E-state index in [1.807, 2.05) is 5.38 Å². The number of halogens is 1. The van der Waals surface area contributed by atoms with Crippen LogP contribution < -0.4 is 15.8 Å². The Morgan fingerprint density at radius 1 is 1.47 bits per heavy atom. The van der Waals surface area contributed by atoms with E-state index in [1.54, 1.807) is 12.1 Å². The van der Waals surface area contributed by atoms with E-state index < -0.39 is 17.8 Å². The van der Waals surface area contributed by atoms with Crippen molar-refractivity contribution in [2.24, 2.45) is 5.73 Å². The number of methoxy groups -OCH3 is 1. The number of carbonyl (C=O) groups is 1. The number of nitrogens with one attached hydrogen (secondary N) is 1. The molecule has 0 bridgehead atoms. The highest BCUT2D eigenvalue weighted by atomic mass is 32.1.